The maximum Gasteiger partial charge on any atom is 0.266 e. The van der Waals surface area contributed by atoms with Crippen molar-refractivity contribution < 1.29 is 18.7 Å². The Hall–Kier alpha value is -3.66. The predicted molar refractivity (Wildman–Crippen MR) is 104 cm³/mol. The van der Waals surface area contributed by atoms with Crippen LogP contribution in [-0.2, 0) is 9.59 Å². The Balaban J connectivity index is 1.99. The van der Waals surface area contributed by atoms with Gasteiger partial charge in [0.2, 0.25) is 0 Å². The van der Waals surface area contributed by atoms with Crippen molar-refractivity contribution in [1.82, 2.24) is 5.32 Å². The molecule has 0 aromatic heterocycles. The SMILES string of the molecule is CC(C)NC(=O)COc1ccc(/C=C(\C#N)C(=O)Nc2ccc(F)cc2)cc1. The highest BCUT2D eigenvalue weighted by Gasteiger charge is 2.10. The van der Waals surface area contributed by atoms with Gasteiger partial charge in [-0.1, -0.05) is 12.1 Å². The van der Waals surface area contributed by atoms with Crippen LogP contribution in [0.4, 0.5) is 10.1 Å². The Morgan fingerprint density at radius 3 is 2.36 bits per heavy atom. The van der Waals surface area contributed by atoms with Gasteiger partial charge in [-0.25, -0.2) is 4.39 Å². The second-order valence-corrected chi connectivity index (χ2v) is 6.21. The van der Waals surface area contributed by atoms with Crippen LogP contribution in [0.25, 0.3) is 6.08 Å². The van der Waals surface area contributed by atoms with Crippen LogP contribution in [0, 0.1) is 17.1 Å². The second-order valence-electron chi connectivity index (χ2n) is 6.21. The molecule has 28 heavy (non-hydrogen) atoms. The highest BCUT2D eigenvalue weighted by Crippen LogP contribution is 2.16. The molecular formula is C21H20FN3O3. The first-order chi connectivity index (χ1) is 13.4. The molecule has 0 atom stereocenters. The van der Waals surface area contributed by atoms with Crippen LogP contribution in [0.3, 0.4) is 0 Å². The molecule has 0 saturated heterocycles. The molecule has 0 fully saturated rings. The monoisotopic (exact) mass is 381 g/mol. The summed E-state index contributed by atoms with van der Waals surface area (Å²) in [5.74, 6) is -0.744. The molecule has 2 aromatic carbocycles. The smallest absolute Gasteiger partial charge is 0.266 e. The standard InChI is InChI=1S/C21H20FN3O3/c1-14(2)24-20(26)13-28-19-9-3-15(4-10-19)11-16(12-23)21(27)25-18-7-5-17(22)6-8-18/h3-11,14H,13H2,1-2H3,(H,24,26)(H,25,27)/b16-11+. The molecule has 0 spiro atoms. The topological polar surface area (TPSA) is 91.2 Å². The minimum atomic E-state index is -0.597. The normalized spacial score (nSPS) is 10.9. The maximum atomic E-state index is 12.9. The number of hydrogen-bond donors (Lipinski definition) is 2. The minimum absolute atomic E-state index is 0.0362. The number of halogens is 1. The summed E-state index contributed by atoms with van der Waals surface area (Å²) in [6.45, 7) is 3.62. The van der Waals surface area contributed by atoms with Crippen molar-refractivity contribution in [3.63, 3.8) is 0 Å². The number of ether oxygens (including phenoxy) is 1. The van der Waals surface area contributed by atoms with E-state index in [1.54, 1.807) is 24.3 Å². The molecule has 0 heterocycles. The van der Waals surface area contributed by atoms with Gasteiger partial charge < -0.3 is 15.4 Å². The van der Waals surface area contributed by atoms with E-state index >= 15 is 0 Å². The third-order valence-electron chi connectivity index (χ3n) is 3.48. The highest BCUT2D eigenvalue weighted by molar-refractivity contribution is 6.09. The summed E-state index contributed by atoms with van der Waals surface area (Å²) in [4.78, 5) is 23.8. The average molecular weight is 381 g/mol. The van der Waals surface area contributed by atoms with Gasteiger partial charge in [-0.15, -0.1) is 0 Å². The molecule has 2 aromatic rings. The van der Waals surface area contributed by atoms with Crippen molar-refractivity contribution >= 4 is 23.6 Å². The number of anilines is 1. The van der Waals surface area contributed by atoms with Gasteiger partial charge in [0.15, 0.2) is 6.61 Å². The van der Waals surface area contributed by atoms with E-state index in [0.29, 0.717) is 17.0 Å². The lowest BCUT2D eigenvalue weighted by Gasteiger charge is -2.09. The number of amides is 2. The van der Waals surface area contributed by atoms with E-state index in [2.05, 4.69) is 10.6 Å². The van der Waals surface area contributed by atoms with Gasteiger partial charge in [-0.05, 0) is 61.9 Å². The lowest BCUT2D eigenvalue weighted by atomic mass is 10.1. The van der Waals surface area contributed by atoms with Crippen LogP contribution in [0.1, 0.15) is 19.4 Å². The van der Waals surface area contributed by atoms with E-state index in [0.717, 1.165) is 0 Å². The fourth-order valence-electron chi connectivity index (χ4n) is 2.22. The van der Waals surface area contributed by atoms with Crippen LogP contribution in [0.5, 0.6) is 5.75 Å². The van der Waals surface area contributed by atoms with Crippen molar-refractivity contribution in [2.75, 3.05) is 11.9 Å². The van der Waals surface area contributed by atoms with E-state index in [4.69, 9.17) is 4.74 Å². The lowest BCUT2D eigenvalue weighted by Crippen LogP contribution is -2.34. The van der Waals surface area contributed by atoms with Crippen LogP contribution in [0.2, 0.25) is 0 Å². The number of nitriles is 1. The summed E-state index contributed by atoms with van der Waals surface area (Å²) in [6, 6.07) is 13.7. The number of hydrogen-bond acceptors (Lipinski definition) is 4. The van der Waals surface area contributed by atoms with Gasteiger partial charge >= 0.3 is 0 Å². The largest absolute Gasteiger partial charge is 0.484 e. The zero-order chi connectivity index (χ0) is 20.5. The molecule has 0 aliphatic heterocycles. The Morgan fingerprint density at radius 2 is 1.79 bits per heavy atom. The molecule has 0 saturated carbocycles. The van der Waals surface area contributed by atoms with Crippen LogP contribution < -0.4 is 15.4 Å². The van der Waals surface area contributed by atoms with Crippen LogP contribution >= 0.6 is 0 Å². The molecule has 2 amide bonds. The first kappa shape index (κ1) is 20.6. The van der Waals surface area contributed by atoms with Gasteiger partial charge in [0, 0.05) is 11.7 Å². The van der Waals surface area contributed by atoms with Crippen molar-refractivity contribution in [3.05, 3.63) is 65.5 Å². The molecule has 2 rings (SSSR count). The molecular weight excluding hydrogens is 361 g/mol. The van der Waals surface area contributed by atoms with Gasteiger partial charge in [0.1, 0.15) is 23.2 Å². The predicted octanol–water partition coefficient (Wildman–Crippen LogP) is 3.27. The quantitative estimate of drug-likeness (QED) is 0.569. The summed E-state index contributed by atoms with van der Waals surface area (Å²) in [6.07, 6.45) is 1.42. The van der Waals surface area contributed by atoms with E-state index in [-0.39, 0.29) is 24.1 Å². The summed E-state index contributed by atoms with van der Waals surface area (Å²) < 4.78 is 18.3. The van der Waals surface area contributed by atoms with Gasteiger partial charge in [0.05, 0.1) is 0 Å². The third-order valence-corrected chi connectivity index (χ3v) is 3.48. The van der Waals surface area contributed by atoms with Gasteiger partial charge in [-0.3, -0.25) is 9.59 Å². The second kappa shape index (κ2) is 9.88. The third kappa shape index (κ3) is 6.57. The number of rotatable bonds is 7. The van der Waals surface area contributed by atoms with E-state index < -0.39 is 11.7 Å². The Bertz CT molecular complexity index is 898. The molecule has 0 unspecified atom stereocenters. The van der Waals surface area contributed by atoms with Gasteiger partial charge in [0.25, 0.3) is 11.8 Å². The number of benzene rings is 2. The summed E-state index contributed by atoms with van der Waals surface area (Å²) >= 11 is 0. The Morgan fingerprint density at radius 1 is 1.14 bits per heavy atom. The van der Waals surface area contributed by atoms with Crippen molar-refractivity contribution in [2.45, 2.75) is 19.9 Å². The molecule has 144 valence electrons. The summed E-state index contributed by atoms with van der Waals surface area (Å²) in [7, 11) is 0. The average Bonchev–Trinajstić information content (AvgIpc) is 2.66. The molecule has 0 aliphatic rings. The van der Waals surface area contributed by atoms with E-state index in [9.17, 15) is 19.2 Å². The fourth-order valence-corrected chi connectivity index (χ4v) is 2.22. The van der Waals surface area contributed by atoms with Crippen molar-refractivity contribution in [3.8, 4) is 11.8 Å². The van der Waals surface area contributed by atoms with Gasteiger partial charge in [-0.2, -0.15) is 5.26 Å². The van der Waals surface area contributed by atoms with E-state index in [1.807, 2.05) is 19.9 Å². The maximum absolute atomic E-state index is 12.9. The molecule has 0 aliphatic carbocycles. The van der Waals surface area contributed by atoms with Crippen molar-refractivity contribution in [2.24, 2.45) is 0 Å². The highest BCUT2D eigenvalue weighted by atomic mass is 19.1. The molecule has 2 N–H and O–H groups in total. The first-order valence-corrected chi connectivity index (χ1v) is 8.58. The molecule has 0 radical (unpaired) electrons. The number of carbonyl (C=O) groups excluding carboxylic acids is 2. The Kier molecular flexibility index (Phi) is 7.28. The molecule has 7 heteroatoms. The fraction of sp³-hybridized carbons (Fsp3) is 0.190. The molecule has 6 nitrogen and oxygen atoms in total. The summed E-state index contributed by atoms with van der Waals surface area (Å²) in [5.41, 5.74) is 0.898. The minimum Gasteiger partial charge on any atom is -0.484 e. The number of carbonyl (C=O) groups is 2. The van der Waals surface area contributed by atoms with Crippen LogP contribution in [0.15, 0.2) is 54.1 Å². The number of nitrogens with one attached hydrogen (secondary N) is 2. The first-order valence-electron chi connectivity index (χ1n) is 8.58. The van der Waals surface area contributed by atoms with Crippen LogP contribution in [-0.4, -0.2) is 24.5 Å². The Labute approximate surface area is 162 Å². The van der Waals surface area contributed by atoms with E-state index in [1.165, 1.54) is 30.3 Å². The number of nitrogens with zero attached hydrogens (tertiary/aromatic N) is 1. The lowest BCUT2D eigenvalue weighted by molar-refractivity contribution is -0.123. The zero-order valence-electron chi connectivity index (χ0n) is 15.5. The zero-order valence-corrected chi connectivity index (χ0v) is 15.5. The molecule has 0 bridgehead atoms. The summed E-state index contributed by atoms with van der Waals surface area (Å²) in [5, 5.41) is 14.5. The van der Waals surface area contributed by atoms with Crippen molar-refractivity contribution in [1.29, 1.82) is 5.26 Å².